The highest BCUT2D eigenvalue weighted by Gasteiger charge is 2.17. The van der Waals surface area contributed by atoms with Crippen LogP contribution in [0.2, 0.25) is 0 Å². The van der Waals surface area contributed by atoms with E-state index in [0.717, 1.165) is 18.1 Å². The maximum Gasteiger partial charge on any atom is 0.272 e. The van der Waals surface area contributed by atoms with Crippen LogP contribution in [0.3, 0.4) is 0 Å². The third-order valence-electron chi connectivity index (χ3n) is 3.11. The van der Waals surface area contributed by atoms with Gasteiger partial charge in [0.05, 0.1) is 4.92 Å². The minimum Gasteiger partial charge on any atom is -0.326 e. The zero-order valence-corrected chi connectivity index (χ0v) is 12.0. The zero-order valence-electron chi connectivity index (χ0n) is 11.2. The minimum absolute atomic E-state index is 0.0633. The molecule has 1 unspecified atom stereocenters. The molecule has 0 radical (unpaired) electrons. The Kier molecular flexibility index (Phi) is 4.97. The maximum atomic E-state index is 11.9. The van der Waals surface area contributed by atoms with Crippen LogP contribution in [-0.2, 0) is 4.79 Å². The molecule has 0 saturated carbocycles. The van der Waals surface area contributed by atoms with Gasteiger partial charge in [-0.2, -0.15) is 11.8 Å². The molecule has 2 N–H and O–H groups in total. The number of thioether (sulfide) groups is 1. The first kappa shape index (κ1) is 14.8. The molecule has 1 aromatic carbocycles. The molecule has 1 fully saturated rings. The number of nitrogens with zero attached hydrogens (tertiary/aromatic N) is 1. The molecular formula is C13H17N3O3S. The van der Waals surface area contributed by atoms with Gasteiger partial charge in [-0.25, -0.2) is 0 Å². The minimum atomic E-state index is -0.426. The standard InChI is InChI=1S/C13H17N3O3S/c1-9-6-10(2-3-12(9)16(18)19)15-13(17)7-11-8-20-5-4-14-11/h2-3,6,11,14H,4-5,7-8H2,1H3,(H,15,17). The van der Waals surface area contributed by atoms with Crippen LogP contribution in [0.4, 0.5) is 11.4 Å². The van der Waals surface area contributed by atoms with Crippen molar-refractivity contribution in [2.45, 2.75) is 19.4 Å². The van der Waals surface area contributed by atoms with Gasteiger partial charge in [0.25, 0.3) is 5.69 Å². The Balaban J connectivity index is 1.93. The fourth-order valence-corrected chi connectivity index (χ4v) is 3.07. The molecule has 1 aromatic rings. The van der Waals surface area contributed by atoms with Crippen molar-refractivity contribution in [3.05, 3.63) is 33.9 Å². The molecule has 1 saturated heterocycles. The predicted molar refractivity (Wildman–Crippen MR) is 80.2 cm³/mol. The van der Waals surface area contributed by atoms with Gasteiger partial charge in [-0.3, -0.25) is 14.9 Å². The number of benzene rings is 1. The van der Waals surface area contributed by atoms with E-state index in [9.17, 15) is 14.9 Å². The van der Waals surface area contributed by atoms with Crippen molar-refractivity contribution >= 4 is 29.0 Å². The molecule has 1 aliphatic heterocycles. The molecule has 7 heteroatoms. The van der Waals surface area contributed by atoms with Gasteiger partial charge < -0.3 is 10.6 Å². The summed E-state index contributed by atoms with van der Waals surface area (Å²) in [5, 5.41) is 16.8. The van der Waals surface area contributed by atoms with Crippen molar-refractivity contribution < 1.29 is 9.72 Å². The summed E-state index contributed by atoms with van der Waals surface area (Å²) in [4.78, 5) is 22.2. The third-order valence-corrected chi connectivity index (χ3v) is 4.24. The largest absolute Gasteiger partial charge is 0.326 e. The van der Waals surface area contributed by atoms with Crippen LogP contribution < -0.4 is 10.6 Å². The molecule has 108 valence electrons. The summed E-state index contributed by atoms with van der Waals surface area (Å²) >= 11 is 1.84. The van der Waals surface area contributed by atoms with Crippen molar-refractivity contribution in [2.24, 2.45) is 0 Å². The number of amides is 1. The number of anilines is 1. The van der Waals surface area contributed by atoms with E-state index in [1.807, 2.05) is 11.8 Å². The van der Waals surface area contributed by atoms with Crippen LogP contribution in [0.5, 0.6) is 0 Å². The molecule has 20 heavy (non-hydrogen) atoms. The molecule has 1 heterocycles. The van der Waals surface area contributed by atoms with Gasteiger partial charge in [-0.1, -0.05) is 0 Å². The second-order valence-corrected chi connectivity index (χ2v) is 5.89. The van der Waals surface area contributed by atoms with Crippen LogP contribution >= 0.6 is 11.8 Å². The van der Waals surface area contributed by atoms with Crippen molar-refractivity contribution in [2.75, 3.05) is 23.4 Å². The summed E-state index contributed by atoms with van der Waals surface area (Å²) in [6.45, 7) is 2.59. The number of nitro benzene ring substituents is 1. The lowest BCUT2D eigenvalue weighted by Gasteiger charge is -2.22. The lowest BCUT2D eigenvalue weighted by Crippen LogP contribution is -2.39. The Morgan fingerprint density at radius 2 is 2.40 bits per heavy atom. The van der Waals surface area contributed by atoms with Crippen molar-refractivity contribution in [1.29, 1.82) is 0 Å². The molecule has 1 aliphatic rings. The van der Waals surface area contributed by atoms with Crippen molar-refractivity contribution in [1.82, 2.24) is 5.32 Å². The Morgan fingerprint density at radius 3 is 3.00 bits per heavy atom. The summed E-state index contributed by atoms with van der Waals surface area (Å²) in [5.74, 6) is 1.95. The smallest absolute Gasteiger partial charge is 0.272 e. The van der Waals surface area contributed by atoms with Crippen LogP contribution in [0, 0.1) is 17.0 Å². The van der Waals surface area contributed by atoms with E-state index < -0.39 is 4.92 Å². The highest BCUT2D eigenvalue weighted by molar-refractivity contribution is 7.99. The summed E-state index contributed by atoms with van der Waals surface area (Å²) in [6, 6.07) is 4.80. The van der Waals surface area contributed by atoms with E-state index >= 15 is 0 Å². The number of aryl methyl sites for hydroxylation is 1. The van der Waals surface area contributed by atoms with Gasteiger partial charge in [0.2, 0.25) is 5.91 Å². The fraction of sp³-hybridized carbons (Fsp3) is 0.462. The topological polar surface area (TPSA) is 84.3 Å². The summed E-state index contributed by atoms with van der Waals surface area (Å²) in [5.41, 5.74) is 1.20. The molecule has 0 aliphatic carbocycles. The number of rotatable bonds is 4. The monoisotopic (exact) mass is 295 g/mol. The second kappa shape index (κ2) is 6.71. The summed E-state index contributed by atoms with van der Waals surface area (Å²) in [7, 11) is 0. The van der Waals surface area contributed by atoms with Crippen molar-refractivity contribution in [3.8, 4) is 0 Å². The lowest BCUT2D eigenvalue weighted by molar-refractivity contribution is -0.385. The number of nitrogens with one attached hydrogen (secondary N) is 2. The van der Waals surface area contributed by atoms with Crippen molar-refractivity contribution in [3.63, 3.8) is 0 Å². The second-order valence-electron chi connectivity index (χ2n) is 4.74. The number of carbonyl (C=O) groups excluding carboxylic acids is 1. The maximum absolute atomic E-state index is 11.9. The normalized spacial score (nSPS) is 18.6. The summed E-state index contributed by atoms with van der Waals surface area (Å²) in [6.07, 6.45) is 0.420. The molecule has 1 amide bonds. The van der Waals surface area contributed by atoms with Gasteiger partial charge >= 0.3 is 0 Å². The molecule has 0 aromatic heterocycles. The van der Waals surface area contributed by atoms with Crippen LogP contribution in [-0.4, -0.2) is 34.9 Å². The Morgan fingerprint density at radius 1 is 1.60 bits per heavy atom. The lowest BCUT2D eigenvalue weighted by atomic mass is 10.1. The van der Waals surface area contributed by atoms with Crippen LogP contribution in [0.15, 0.2) is 18.2 Å². The number of nitro groups is 1. The van der Waals surface area contributed by atoms with E-state index in [0.29, 0.717) is 17.7 Å². The van der Waals surface area contributed by atoms with E-state index in [-0.39, 0.29) is 17.6 Å². The molecule has 6 nitrogen and oxygen atoms in total. The number of hydrogen-bond donors (Lipinski definition) is 2. The first-order chi connectivity index (χ1) is 9.56. The summed E-state index contributed by atoms with van der Waals surface area (Å²) < 4.78 is 0. The van der Waals surface area contributed by atoms with Gasteiger partial charge in [0.1, 0.15) is 0 Å². The Bertz CT molecular complexity index is 516. The van der Waals surface area contributed by atoms with E-state index in [4.69, 9.17) is 0 Å². The van der Waals surface area contributed by atoms with E-state index in [1.165, 1.54) is 6.07 Å². The van der Waals surface area contributed by atoms with E-state index in [1.54, 1.807) is 19.1 Å². The Hall–Kier alpha value is -1.60. The highest BCUT2D eigenvalue weighted by atomic mass is 32.2. The highest BCUT2D eigenvalue weighted by Crippen LogP contribution is 2.21. The van der Waals surface area contributed by atoms with Gasteiger partial charge in [-0.05, 0) is 19.1 Å². The molecular weight excluding hydrogens is 278 g/mol. The number of hydrogen-bond acceptors (Lipinski definition) is 5. The quantitative estimate of drug-likeness (QED) is 0.655. The number of carbonyl (C=O) groups is 1. The SMILES string of the molecule is Cc1cc(NC(=O)CC2CSCCN2)ccc1[N+](=O)[O-]. The zero-order chi connectivity index (χ0) is 14.5. The first-order valence-corrected chi connectivity index (χ1v) is 7.58. The molecule has 1 atom stereocenters. The van der Waals surface area contributed by atoms with Gasteiger partial charge in [0.15, 0.2) is 0 Å². The molecule has 0 spiro atoms. The molecule has 2 rings (SSSR count). The third kappa shape index (κ3) is 3.94. The fourth-order valence-electron chi connectivity index (χ4n) is 2.12. The average Bonchev–Trinajstić information content (AvgIpc) is 2.39. The van der Waals surface area contributed by atoms with Crippen LogP contribution in [0.1, 0.15) is 12.0 Å². The van der Waals surface area contributed by atoms with Gasteiger partial charge in [0, 0.05) is 47.8 Å². The van der Waals surface area contributed by atoms with Crippen LogP contribution in [0.25, 0.3) is 0 Å². The van der Waals surface area contributed by atoms with E-state index in [2.05, 4.69) is 10.6 Å². The predicted octanol–water partition coefficient (Wildman–Crippen LogP) is 1.94. The van der Waals surface area contributed by atoms with Gasteiger partial charge in [-0.15, -0.1) is 0 Å². The average molecular weight is 295 g/mol. The first-order valence-electron chi connectivity index (χ1n) is 6.42. The Labute approximate surface area is 121 Å². The molecule has 0 bridgehead atoms.